The van der Waals surface area contributed by atoms with Crippen LogP contribution in [0.5, 0.6) is 0 Å². The molecule has 0 aromatic heterocycles. The fraction of sp³-hybridized carbons (Fsp3) is 0.500. The number of hydrogen-bond donors (Lipinski definition) is 1. The molecule has 0 aliphatic heterocycles. The first-order chi connectivity index (χ1) is 8.20. The molecule has 1 N–H and O–H groups in total. The van der Waals surface area contributed by atoms with Crippen molar-refractivity contribution in [2.45, 2.75) is 32.2 Å². The quantitative estimate of drug-likeness (QED) is 0.863. The molecular weight excluding hydrogens is 214 g/mol. The molecule has 0 bridgehead atoms. The highest BCUT2D eigenvalue weighted by atomic mass is 16.5. The van der Waals surface area contributed by atoms with E-state index in [4.69, 9.17) is 4.74 Å². The molecule has 0 spiro atoms. The molecule has 0 heterocycles. The van der Waals surface area contributed by atoms with E-state index in [2.05, 4.69) is 23.5 Å². The zero-order valence-electron chi connectivity index (χ0n) is 10.5. The predicted molar refractivity (Wildman–Crippen MR) is 66.9 cm³/mol. The average molecular weight is 233 g/mol. The summed E-state index contributed by atoms with van der Waals surface area (Å²) in [5, 5.41) is 2.92. The number of fused-ring (bicyclic) bond motifs is 1. The molecule has 0 fully saturated rings. The lowest BCUT2D eigenvalue weighted by Gasteiger charge is -2.15. The Balaban J connectivity index is 2.04. The summed E-state index contributed by atoms with van der Waals surface area (Å²) in [6, 6.07) is 6.57. The van der Waals surface area contributed by atoms with Gasteiger partial charge in [0.05, 0.1) is 6.04 Å². The van der Waals surface area contributed by atoms with Gasteiger partial charge in [-0.3, -0.25) is 4.79 Å². The Bertz CT molecular complexity index is 415. The molecule has 3 heteroatoms. The summed E-state index contributed by atoms with van der Waals surface area (Å²) in [6.45, 7) is 2.12. The van der Waals surface area contributed by atoms with E-state index in [0.717, 1.165) is 0 Å². The maximum absolute atomic E-state index is 11.4. The number of hydrogen-bond acceptors (Lipinski definition) is 2. The summed E-state index contributed by atoms with van der Waals surface area (Å²) in [5.41, 5.74) is 4.08. The third-order valence-corrected chi connectivity index (χ3v) is 3.28. The molecule has 0 saturated heterocycles. The maximum Gasteiger partial charge on any atom is 0.246 e. The molecule has 0 unspecified atom stereocenters. The number of benzene rings is 1. The van der Waals surface area contributed by atoms with Crippen LogP contribution in [0.1, 0.15) is 36.1 Å². The van der Waals surface area contributed by atoms with Gasteiger partial charge in [-0.1, -0.05) is 18.2 Å². The lowest BCUT2D eigenvalue weighted by Crippen LogP contribution is -2.29. The molecule has 17 heavy (non-hydrogen) atoms. The fourth-order valence-electron chi connectivity index (χ4n) is 2.36. The maximum atomic E-state index is 11.4. The van der Waals surface area contributed by atoms with Crippen molar-refractivity contribution in [3.63, 3.8) is 0 Å². The van der Waals surface area contributed by atoms with Gasteiger partial charge < -0.3 is 10.1 Å². The first-order valence-electron chi connectivity index (χ1n) is 6.10. The molecule has 1 aliphatic carbocycles. The van der Waals surface area contributed by atoms with Crippen molar-refractivity contribution >= 4 is 5.91 Å². The molecule has 0 radical (unpaired) electrons. The van der Waals surface area contributed by atoms with Crippen LogP contribution >= 0.6 is 0 Å². The molecule has 92 valence electrons. The zero-order valence-corrected chi connectivity index (χ0v) is 10.5. The van der Waals surface area contributed by atoms with Crippen LogP contribution in [0.25, 0.3) is 0 Å². The van der Waals surface area contributed by atoms with Crippen molar-refractivity contribution < 1.29 is 9.53 Å². The van der Waals surface area contributed by atoms with Crippen LogP contribution < -0.4 is 5.32 Å². The number of methoxy groups -OCH3 is 1. The van der Waals surface area contributed by atoms with Crippen molar-refractivity contribution in [1.29, 1.82) is 0 Å². The Morgan fingerprint density at radius 1 is 1.41 bits per heavy atom. The van der Waals surface area contributed by atoms with E-state index in [1.807, 2.05) is 6.92 Å². The summed E-state index contributed by atoms with van der Waals surface area (Å²) < 4.78 is 4.80. The summed E-state index contributed by atoms with van der Waals surface area (Å²) in [7, 11) is 1.53. The second-order valence-electron chi connectivity index (χ2n) is 4.60. The fourth-order valence-corrected chi connectivity index (χ4v) is 2.36. The molecule has 1 aromatic rings. The number of carbonyl (C=O) groups is 1. The Kier molecular flexibility index (Phi) is 3.79. The van der Waals surface area contributed by atoms with Gasteiger partial charge in [0.1, 0.15) is 6.61 Å². The summed E-state index contributed by atoms with van der Waals surface area (Å²) in [5.74, 6) is -0.0690. The lowest BCUT2D eigenvalue weighted by atomic mass is 10.0. The normalized spacial score (nSPS) is 15.4. The van der Waals surface area contributed by atoms with Crippen LogP contribution in [0.4, 0.5) is 0 Å². The number of amides is 1. The third kappa shape index (κ3) is 2.86. The highest BCUT2D eigenvalue weighted by molar-refractivity contribution is 5.77. The van der Waals surface area contributed by atoms with E-state index in [-0.39, 0.29) is 18.6 Å². The van der Waals surface area contributed by atoms with Crippen molar-refractivity contribution in [3.05, 3.63) is 34.9 Å². The van der Waals surface area contributed by atoms with Crippen molar-refractivity contribution in [1.82, 2.24) is 5.32 Å². The minimum absolute atomic E-state index is 0.0450. The van der Waals surface area contributed by atoms with Crippen LogP contribution in [0.2, 0.25) is 0 Å². The minimum atomic E-state index is -0.0690. The van der Waals surface area contributed by atoms with E-state index in [0.29, 0.717) is 0 Å². The Morgan fingerprint density at radius 2 is 2.18 bits per heavy atom. The monoisotopic (exact) mass is 233 g/mol. The second-order valence-corrected chi connectivity index (χ2v) is 4.60. The molecular formula is C14H19NO2. The molecule has 1 aliphatic rings. The Hall–Kier alpha value is -1.35. The average Bonchev–Trinajstić information content (AvgIpc) is 2.75. The number of ether oxygens (including phenoxy) is 1. The predicted octanol–water partition coefficient (Wildman–Crippen LogP) is 2.00. The van der Waals surface area contributed by atoms with Crippen molar-refractivity contribution in [3.8, 4) is 0 Å². The van der Waals surface area contributed by atoms with Gasteiger partial charge in [-0.2, -0.15) is 0 Å². The van der Waals surface area contributed by atoms with Crippen LogP contribution in [0.3, 0.4) is 0 Å². The largest absolute Gasteiger partial charge is 0.375 e. The first-order valence-corrected chi connectivity index (χ1v) is 6.10. The molecule has 1 atom stereocenters. The summed E-state index contributed by atoms with van der Waals surface area (Å²) in [6.07, 6.45) is 3.62. The first kappa shape index (κ1) is 12.1. The molecule has 3 nitrogen and oxygen atoms in total. The summed E-state index contributed by atoms with van der Waals surface area (Å²) in [4.78, 5) is 11.4. The Labute approximate surface area is 102 Å². The van der Waals surface area contributed by atoms with Gasteiger partial charge in [0, 0.05) is 7.11 Å². The smallest absolute Gasteiger partial charge is 0.246 e. The van der Waals surface area contributed by atoms with Gasteiger partial charge >= 0.3 is 0 Å². The second kappa shape index (κ2) is 5.32. The van der Waals surface area contributed by atoms with Gasteiger partial charge in [0.2, 0.25) is 5.91 Å². The minimum Gasteiger partial charge on any atom is -0.375 e. The van der Waals surface area contributed by atoms with Crippen LogP contribution in [0, 0.1) is 0 Å². The standard InChI is InChI=1S/C14H19NO2/c1-10(15-14(16)9-17-2)12-7-6-11-4-3-5-13(11)8-12/h6-8,10H,3-5,9H2,1-2H3,(H,15,16)/t10-/m1/s1. The van der Waals surface area contributed by atoms with E-state index < -0.39 is 0 Å². The van der Waals surface area contributed by atoms with Gasteiger partial charge in [-0.15, -0.1) is 0 Å². The number of nitrogens with one attached hydrogen (secondary N) is 1. The number of aryl methyl sites for hydroxylation is 2. The van der Waals surface area contributed by atoms with Gasteiger partial charge in [-0.25, -0.2) is 0 Å². The van der Waals surface area contributed by atoms with E-state index in [9.17, 15) is 4.79 Å². The number of rotatable bonds is 4. The summed E-state index contributed by atoms with van der Waals surface area (Å²) >= 11 is 0. The van der Waals surface area contributed by atoms with E-state index in [1.54, 1.807) is 0 Å². The lowest BCUT2D eigenvalue weighted by molar-refractivity contribution is -0.125. The van der Waals surface area contributed by atoms with Crippen molar-refractivity contribution in [2.24, 2.45) is 0 Å². The van der Waals surface area contributed by atoms with Gasteiger partial charge in [-0.05, 0) is 42.9 Å². The number of carbonyl (C=O) groups excluding carboxylic acids is 1. The highest BCUT2D eigenvalue weighted by Gasteiger charge is 2.14. The molecule has 1 aromatic carbocycles. The SMILES string of the molecule is COCC(=O)N[C@H](C)c1ccc2c(c1)CCC2. The van der Waals surface area contributed by atoms with E-state index >= 15 is 0 Å². The molecule has 0 saturated carbocycles. The molecule has 1 amide bonds. The molecule has 2 rings (SSSR count). The highest BCUT2D eigenvalue weighted by Crippen LogP contribution is 2.25. The third-order valence-electron chi connectivity index (χ3n) is 3.28. The van der Waals surface area contributed by atoms with E-state index in [1.165, 1.54) is 43.1 Å². The van der Waals surface area contributed by atoms with Crippen LogP contribution in [0.15, 0.2) is 18.2 Å². The van der Waals surface area contributed by atoms with Crippen LogP contribution in [-0.4, -0.2) is 19.6 Å². The Morgan fingerprint density at radius 3 is 2.94 bits per heavy atom. The zero-order chi connectivity index (χ0) is 12.3. The van der Waals surface area contributed by atoms with Crippen molar-refractivity contribution in [2.75, 3.05) is 13.7 Å². The van der Waals surface area contributed by atoms with Crippen LogP contribution in [-0.2, 0) is 22.4 Å². The van der Waals surface area contributed by atoms with Gasteiger partial charge in [0.15, 0.2) is 0 Å². The van der Waals surface area contributed by atoms with Gasteiger partial charge in [0.25, 0.3) is 0 Å². The topological polar surface area (TPSA) is 38.3 Å².